The second-order valence-electron chi connectivity index (χ2n) is 5.41. The molecule has 2 N–H and O–H groups in total. The summed E-state index contributed by atoms with van der Waals surface area (Å²) in [5.41, 5.74) is 5.49. The fourth-order valence-electron chi connectivity index (χ4n) is 2.19. The first-order valence-corrected chi connectivity index (χ1v) is 7.03. The van der Waals surface area contributed by atoms with Crippen LogP contribution in [0.5, 0.6) is 0 Å². The molecule has 1 heterocycles. The average molecular weight is 296 g/mol. The van der Waals surface area contributed by atoms with Crippen LogP contribution in [0.4, 0.5) is 0 Å². The van der Waals surface area contributed by atoms with Crippen LogP contribution in [0.25, 0.3) is 0 Å². The predicted molar refractivity (Wildman–Crippen MR) is 80.9 cm³/mol. The van der Waals surface area contributed by atoms with Crippen molar-refractivity contribution in [3.8, 4) is 0 Å². The summed E-state index contributed by atoms with van der Waals surface area (Å²) in [4.78, 5) is 37.1. The van der Waals surface area contributed by atoms with Crippen molar-refractivity contribution in [3.05, 3.63) is 32.6 Å². The molecule has 1 aromatic rings. The van der Waals surface area contributed by atoms with Gasteiger partial charge in [-0.25, -0.2) is 4.79 Å². The quantitative estimate of drug-likeness (QED) is 0.770. The van der Waals surface area contributed by atoms with E-state index in [-0.39, 0.29) is 36.2 Å². The van der Waals surface area contributed by atoms with Gasteiger partial charge in [-0.1, -0.05) is 13.3 Å². The van der Waals surface area contributed by atoms with Gasteiger partial charge in [0.2, 0.25) is 5.91 Å². The molecule has 1 amide bonds. The fraction of sp³-hybridized carbons (Fsp3) is 0.643. The molecule has 7 heteroatoms. The van der Waals surface area contributed by atoms with Gasteiger partial charge in [-0.15, -0.1) is 0 Å². The lowest BCUT2D eigenvalue weighted by atomic mass is 10.1. The van der Waals surface area contributed by atoms with Crippen molar-refractivity contribution in [1.82, 2.24) is 14.0 Å². The molecule has 0 fully saturated rings. The lowest BCUT2D eigenvalue weighted by Gasteiger charge is -2.19. The molecule has 0 radical (unpaired) electrons. The number of nitrogens with two attached hydrogens (primary N) is 1. The molecule has 0 saturated heterocycles. The second-order valence-corrected chi connectivity index (χ2v) is 5.41. The Labute approximate surface area is 124 Å². The van der Waals surface area contributed by atoms with E-state index >= 15 is 0 Å². The minimum atomic E-state index is -0.386. The third kappa shape index (κ3) is 4.29. The van der Waals surface area contributed by atoms with E-state index in [2.05, 4.69) is 0 Å². The molecule has 1 aromatic heterocycles. The van der Waals surface area contributed by atoms with Crippen molar-refractivity contribution in [3.63, 3.8) is 0 Å². The minimum absolute atomic E-state index is 0.105. The highest BCUT2D eigenvalue weighted by atomic mass is 16.2. The summed E-state index contributed by atoms with van der Waals surface area (Å²) < 4.78 is 2.37. The maximum absolute atomic E-state index is 12.0. The van der Waals surface area contributed by atoms with Crippen LogP contribution in [0.2, 0.25) is 0 Å². The van der Waals surface area contributed by atoms with E-state index < -0.39 is 0 Å². The summed E-state index contributed by atoms with van der Waals surface area (Å²) in [5, 5.41) is 0. The monoisotopic (exact) mass is 296 g/mol. The molecule has 0 aromatic carbocycles. The summed E-state index contributed by atoms with van der Waals surface area (Å²) >= 11 is 0. The maximum atomic E-state index is 12.0. The van der Waals surface area contributed by atoms with E-state index in [4.69, 9.17) is 5.73 Å². The van der Waals surface area contributed by atoms with Crippen LogP contribution >= 0.6 is 0 Å². The molecule has 0 aliphatic carbocycles. The van der Waals surface area contributed by atoms with E-state index in [1.807, 2.05) is 6.92 Å². The van der Waals surface area contributed by atoms with Crippen LogP contribution in [-0.4, -0.2) is 33.0 Å². The van der Waals surface area contributed by atoms with E-state index in [9.17, 15) is 14.4 Å². The van der Waals surface area contributed by atoms with Gasteiger partial charge in [-0.05, 0) is 6.42 Å². The van der Waals surface area contributed by atoms with Crippen LogP contribution in [0.1, 0.15) is 31.7 Å². The number of carbonyl (C=O) groups excluding carboxylic acids is 1. The third-order valence-electron chi connectivity index (χ3n) is 3.45. The minimum Gasteiger partial charge on any atom is -0.341 e. The van der Waals surface area contributed by atoms with E-state index in [0.717, 1.165) is 17.4 Å². The zero-order chi connectivity index (χ0) is 16.2. The first-order valence-electron chi connectivity index (χ1n) is 7.03. The molecule has 7 nitrogen and oxygen atoms in total. The average Bonchev–Trinajstić information content (AvgIpc) is 2.42. The van der Waals surface area contributed by atoms with Crippen molar-refractivity contribution >= 4 is 5.91 Å². The van der Waals surface area contributed by atoms with Crippen molar-refractivity contribution in [2.45, 2.75) is 38.8 Å². The van der Waals surface area contributed by atoms with Crippen molar-refractivity contribution in [2.75, 3.05) is 7.05 Å². The summed E-state index contributed by atoms with van der Waals surface area (Å²) in [7, 11) is 4.63. The van der Waals surface area contributed by atoms with Crippen molar-refractivity contribution in [2.24, 2.45) is 19.8 Å². The van der Waals surface area contributed by atoms with E-state index in [1.165, 1.54) is 22.7 Å². The summed E-state index contributed by atoms with van der Waals surface area (Å²) in [6, 6.07) is -0.159. The smallest absolute Gasteiger partial charge is 0.330 e. The first kappa shape index (κ1) is 17.2. The Hall–Kier alpha value is -1.89. The first-order chi connectivity index (χ1) is 9.77. The number of aromatic nitrogens is 2. The topological polar surface area (TPSA) is 90.3 Å². The lowest BCUT2D eigenvalue weighted by Crippen LogP contribution is -2.41. The molecule has 0 spiro atoms. The van der Waals surface area contributed by atoms with Gasteiger partial charge in [0.1, 0.15) is 0 Å². The fourth-order valence-corrected chi connectivity index (χ4v) is 2.19. The molecular weight excluding hydrogens is 272 g/mol. The normalized spacial score (nSPS) is 12.2. The van der Waals surface area contributed by atoms with Gasteiger partial charge < -0.3 is 15.2 Å². The molecule has 118 valence electrons. The molecule has 0 aliphatic heterocycles. The second kappa shape index (κ2) is 7.21. The number of rotatable bonds is 6. The SMILES string of the molecule is CCCC(N)CC(=O)N(C)Cc1cn(C)c(=O)n(C)c1=O. The summed E-state index contributed by atoms with van der Waals surface area (Å²) in [6.07, 6.45) is 3.46. The van der Waals surface area contributed by atoms with Crippen LogP contribution in [0.3, 0.4) is 0 Å². The Morgan fingerprint density at radius 3 is 2.57 bits per heavy atom. The number of amides is 1. The number of carbonyl (C=O) groups is 1. The predicted octanol–water partition coefficient (Wildman–Crippen LogP) is -0.440. The highest BCUT2D eigenvalue weighted by molar-refractivity contribution is 5.76. The molecule has 1 unspecified atom stereocenters. The Balaban J connectivity index is 2.84. The number of hydrogen-bond donors (Lipinski definition) is 1. The lowest BCUT2D eigenvalue weighted by molar-refractivity contribution is -0.130. The highest BCUT2D eigenvalue weighted by Gasteiger charge is 2.16. The largest absolute Gasteiger partial charge is 0.341 e. The number of nitrogens with zero attached hydrogens (tertiary/aromatic N) is 3. The van der Waals surface area contributed by atoms with Gasteiger partial charge in [0.25, 0.3) is 5.56 Å². The van der Waals surface area contributed by atoms with E-state index in [0.29, 0.717) is 5.56 Å². The maximum Gasteiger partial charge on any atom is 0.330 e. The molecule has 21 heavy (non-hydrogen) atoms. The van der Waals surface area contributed by atoms with Crippen LogP contribution in [0.15, 0.2) is 15.8 Å². The van der Waals surface area contributed by atoms with Gasteiger partial charge in [-0.2, -0.15) is 0 Å². The Bertz CT molecular complexity index is 618. The van der Waals surface area contributed by atoms with Gasteiger partial charge in [0.15, 0.2) is 0 Å². The van der Waals surface area contributed by atoms with Crippen molar-refractivity contribution < 1.29 is 4.79 Å². The van der Waals surface area contributed by atoms with Gasteiger partial charge in [-0.3, -0.25) is 14.2 Å². The third-order valence-corrected chi connectivity index (χ3v) is 3.45. The molecule has 1 atom stereocenters. The Morgan fingerprint density at radius 1 is 1.38 bits per heavy atom. The van der Waals surface area contributed by atoms with E-state index in [1.54, 1.807) is 14.1 Å². The zero-order valence-electron chi connectivity index (χ0n) is 13.1. The standard InChI is InChI=1S/C14H24N4O3/c1-5-6-11(15)7-12(19)16(2)8-10-9-17(3)14(21)18(4)13(10)20/h9,11H,5-8,15H2,1-4H3. The summed E-state index contributed by atoms with van der Waals surface area (Å²) in [5.74, 6) is -0.105. The zero-order valence-corrected chi connectivity index (χ0v) is 13.1. The van der Waals surface area contributed by atoms with Crippen LogP contribution < -0.4 is 17.0 Å². The van der Waals surface area contributed by atoms with Gasteiger partial charge >= 0.3 is 5.69 Å². The van der Waals surface area contributed by atoms with Crippen LogP contribution in [0, 0.1) is 0 Å². The number of hydrogen-bond acceptors (Lipinski definition) is 4. The Morgan fingerprint density at radius 2 is 2.00 bits per heavy atom. The Kier molecular flexibility index (Phi) is 5.90. The molecular formula is C14H24N4O3. The summed E-state index contributed by atoms with van der Waals surface area (Å²) in [6.45, 7) is 2.18. The van der Waals surface area contributed by atoms with Gasteiger partial charge in [0.05, 0.1) is 12.1 Å². The van der Waals surface area contributed by atoms with Crippen LogP contribution in [-0.2, 0) is 25.4 Å². The highest BCUT2D eigenvalue weighted by Crippen LogP contribution is 2.04. The molecule has 1 rings (SSSR count). The number of aryl methyl sites for hydroxylation is 1. The molecule has 0 saturated carbocycles. The van der Waals surface area contributed by atoms with Crippen molar-refractivity contribution in [1.29, 1.82) is 0 Å². The molecule has 0 bridgehead atoms. The molecule has 0 aliphatic rings. The van der Waals surface area contributed by atoms with Gasteiger partial charge in [0, 0.05) is 39.8 Å².